The maximum atomic E-state index is 5.76. The largest absolute Gasteiger partial charge is 0.383 e. The van der Waals surface area contributed by atoms with E-state index in [9.17, 15) is 0 Å². The Kier molecular flexibility index (Phi) is 3.14. The van der Waals surface area contributed by atoms with Crippen molar-refractivity contribution in [1.82, 2.24) is 15.0 Å². The maximum Gasteiger partial charge on any atom is 0.141 e. The molecule has 2 aromatic rings. The van der Waals surface area contributed by atoms with Gasteiger partial charge in [-0.3, -0.25) is 4.98 Å². The second kappa shape index (κ2) is 4.57. The van der Waals surface area contributed by atoms with Crippen LogP contribution in [0.1, 0.15) is 17.1 Å². The maximum absolute atomic E-state index is 5.76. The number of nitrogen functional groups attached to an aromatic ring is 1. The van der Waals surface area contributed by atoms with E-state index >= 15 is 0 Å². The molecule has 0 unspecified atom stereocenters. The summed E-state index contributed by atoms with van der Waals surface area (Å²) in [5.41, 5.74) is 7.69. The van der Waals surface area contributed by atoms with Gasteiger partial charge in [0.15, 0.2) is 0 Å². The van der Waals surface area contributed by atoms with Gasteiger partial charge in [-0.1, -0.05) is 6.07 Å². The number of hydrogen-bond donors (Lipinski definition) is 1. The number of anilines is 1. The topological polar surface area (TPSA) is 64.7 Å². The number of hydrogen-bond acceptors (Lipinski definition) is 4. The zero-order valence-electron chi connectivity index (χ0n) is 8.81. The van der Waals surface area contributed by atoms with E-state index in [0.717, 1.165) is 15.7 Å². The molecule has 0 bridgehead atoms. The smallest absolute Gasteiger partial charge is 0.141 e. The van der Waals surface area contributed by atoms with Gasteiger partial charge in [0.25, 0.3) is 0 Å². The van der Waals surface area contributed by atoms with Crippen molar-refractivity contribution in [1.29, 1.82) is 0 Å². The lowest BCUT2D eigenvalue weighted by Crippen LogP contribution is -2.04. The molecule has 0 aromatic carbocycles. The Bertz CT molecular complexity index is 476. The van der Waals surface area contributed by atoms with Crippen LogP contribution in [0.5, 0.6) is 0 Å². The fraction of sp³-hybridized carbons (Fsp3) is 0.182. The van der Waals surface area contributed by atoms with E-state index in [4.69, 9.17) is 5.73 Å². The molecule has 0 saturated carbocycles. The number of halogens is 1. The molecular formula is C11H11BrN4. The number of pyridine rings is 1. The van der Waals surface area contributed by atoms with Gasteiger partial charge in [0.05, 0.1) is 10.2 Å². The number of rotatable bonds is 2. The number of nitrogens with two attached hydrogens (primary N) is 1. The summed E-state index contributed by atoms with van der Waals surface area (Å²) in [6.45, 7) is 1.90. The van der Waals surface area contributed by atoms with Crippen LogP contribution in [0, 0.1) is 6.92 Å². The minimum Gasteiger partial charge on any atom is -0.383 e. The summed E-state index contributed by atoms with van der Waals surface area (Å²) in [5.74, 6) is 1.19. The standard InChI is InChI=1S/C11H11BrN4/c1-7-10(12)11(13)16-9(15-7)5-8-3-2-4-14-6-8/h2-4,6H,5H2,1H3,(H2,13,15,16). The van der Waals surface area contributed by atoms with Gasteiger partial charge in [-0.05, 0) is 34.5 Å². The summed E-state index contributed by atoms with van der Waals surface area (Å²) in [5, 5.41) is 0. The summed E-state index contributed by atoms with van der Waals surface area (Å²) < 4.78 is 0.766. The van der Waals surface area contributed by atoms with Crippen LogP contribution in [0.2, 0.25) is 0 Å². The zero-order chi connectivity index (χ0) is 11.5. The Morgan fingerprint density at radius 3 is 2.81 bits per heavy atom. The normalized spacial score (nSPS) is 10.4. The molecule has 0 aliphatic heterocycles. The lowest BCUT2D eigenvalue weighted by molar-refractivity contribution is 0.936. The van der Waals surface area contributed by atoms with Crippen molar-refractivity contribution in [3.05, 3.63) is 46.1 Å². The third-order valence-corrected chi connectivity index (χ3v) is 3.15. The van der Waals surface area contributed by atoms with Crippen LogP contribution < -0.4 is 5.73 Å². The summed E-state index contributed by atoms with van der Waals surface area (Å²) in [4.78, 5) is 12.6. The molecule has 4 nitrogen and oxygen atoms in total. The van der Waals surface area contributed by atoms with Gasteiger partial charge in [0.2, 0.25) is 0 Å². The molecule has 2 rings (SSSR count). The van der Waals surface area contributed by atoms with Crippen molar-refractivity contribution >= 4 is 21.7 Å². The second-order valence-corrected chi connectivity index (χ2v) is 4.26. The molecule has 2 aromatic heterocycles. The van der Waals surface area contributed by atoms with Crippen LogP contribution in [0.3, 0.4) is 0 Å². The summed E-state index contributed by atoms with van der Waals surface area (Å²) in [6, 6.07) is 3.88. The van der Waals surface area contributed by atoms with Crippen molar-refractivity contribution in [3.63, 3.8) is 0 Å². The highest BCUT2D eigenvalue weighted by atomic mass is 79.9. The molecule has 0 aliphatic rings. The van der Waals surface area contributed by atoms with E-state index < -0.39 is 0 Å². The molecule has 0 aliphatic carbocycles. The van der Waals surface area contributed by atoms with Gasteiger partial charge in [-0.2, -0.15) is 0 Å². The summed E-state index contributed by atoms with van der Waals surface area (Å²) in [6.07, 6.45) is 4.19. The van der Waals surface area contributed by atoms with E-state index in [1.54, 1.807) is 12.4 Å². The van der Waals surface area contributed by atoms with E-state index in [0.29, 0.717) is 18.1 Å². The van der Waals surface area contributed by atoms with Gasteiger partial charge in [-0.25, -0.2) is 9.97 Å². The van der Waals surface area contributed by atoms with Crippen LogP contribution >= 0.6 is 15.9 Å². The minimum atomic E-state index is 0.478. The summed E-state index contributed by atoms with van der Waals surface area (Å²) >= 11 is 3.34. The van der Waals surface area contributed by atoms with Crippen molar-refractivity contribution in [3.8, 4) is 0 Å². The highest BCUT2D eigenvalue weighted by Crippen LogP contribution is 2.20. The molecular weight excluding hydrogens is 268 g/mol. The Morgan fingerprint density at radius 1 is 1.38 bits per heavy atom. The van der Waals surface area contributed by atoms with Crippen molar-refractivity contribution < 1.29 is 0 Å². The average molecular weight is 279 g/mol. The van der Waals surface area contributed by atoms with Crippen LogP contribution in [0.15, 0.2) is 29.0 Å². The first kappa shape index (κ1) is 11.0. The van der Waals surface area contributed by atoms with E-state index in [1.807, 2.05) is 19.1 Å². The van der Waals surface area contributed by atoms with Crippen molar-refractivity contribution in [2.24, 2.45) is 0 Å². The molecule has 0 atom stereocenters. The highest BCUT2D eigenvalue weighted by Gasteiger charge is 2.06. The van der Waals surface area contributed by atoms with Gasteiger partial charge < -0.3 is 5.73 Å². The first-order valence-electron chi connectivity index (χ1n) is 4.84. The minimum absolute atomic E-state index is 0.478. The number of aromatic nitrogens is 3. The molecule has 0 saturated heterocycles. The van der Waals surface area contributed by atoms with Gasteiger partial charge >= 0.3 is 0 Å². The fourth-order valence-corrected chi connectivity index (χ4v) is 1.58. The average Bonchev–Trinajstić information content (AvgIpc) is 2.27. The van der Waals surface area contributed by atoms with Crippen LogP contribution in [0.25, 0.3) is 0 Å². The van der Waals surface area contributed by atoms with Crippen molar-refractivity contribution in [2.45, 2.75) is 13.3 Å². The zero-order valence-corrected chi connectivity index (χ0v) is 10.4. The third-order valence-electron chi connectivity index (χ3n) is 2.17. The second-order valence-electron chi connectivity index (χ2n) is 3.46. The molecule has 0 fully saturated rings. The number of aryl methyl sites for hydroxylation is 1. The third kappa shape index (κ3) is 2.36. The molecule has 0 radical (unpaired) electrons. The predicted octanol–water partition coefficient (Wildman–Crippen LogP) is 2.12. The Balaban J connectivity index is 2.29. The predicted molar refractivity (Wildman–Crippen MR) is 65.9 cm³/mol. The van der Waals surface area contributed by atoms with Gasteiger partial charge in [0.1, 0.15) is 11.6 Å². The van der Waals surface area contributed by atoms with Gasteiger partial charge in [0, 0.05) is 18.8 Å². The Hall–Kier alpha value is -1.49. The molecule has 0 amide bonds. The van der Waals surface area contributed by atoms with Crippen LogP contribution in [-0.2, 0) is 6.42 Å². The first-order chi connectivity index (χ1) is 7.66. The Morgan fingerprint density at radius 2 is 2.19 bits per heavy atom. The van der Waals surface area contributed by atoms with Crippen LogP contribution in [0.4, 0.5) is 5.82 Å². The highest BCUT2D eigenvalue weighted by molar-refractivity contribution is 9.10. The van der Waals surface area contributed by atoms with E-state index in [1.165, 1.54) is 0 Å². The van der Waals surface area contributed by atoms with E-state index in [-0.39, 0.29) is 0 Å². The van der Waals surface area contributed by atoms with Gasteiger partial charge in [-0.15, -0.1) is 0 Å². The van der Waals surface area contributed by atoms with E-state index in [2.05, 4.69) is 30.9 Å². The first-order valence-corrected chi connectivity index (χ1v) is 5.63. The van der Waals surface area contributed by atoms with Crippen LogP contribution in [-0.4, -0.2) is 15.0 Å². The van der Waals surface area contributed by atoms with Crippen molar-refractivity contribution in [2.75, 3.05) is 5.73 Å². The summed E-state index contributed by atoms with van der Waals surface area (Å²) in [7, 11) is 0. The Labute approximate surface area is 102 Å². The monoisotopic (exact) mass is 278 g/mol. The molecule has 2 heterocycles. The quantitative estimate of drug-likeness (QED) is 0.914. The molecule has 0 spiro atoms. The molecule has 82 valence electrons. The molecule has 5 heteroatoms. The molecule has 16 heavy (non-hydrogen) atoms. The lowest BCUT2D eigenvalue weighted by Gasteiger charge is -2.05. The lowest BCUT2D eigenvalue weighted by atomic mass is 10.2. The fourth-order valence-electron chi connectivity index (χ4n) is 1.41. The SMILES string of the molecule is Cc1nc(Cc2cccnc2)nc(N)c1Br. The number of nitrogens with zero attached hydrogens (tertiary/aromatic N) is 3. The molecule has 2 N–H and O–H groups in total.